The standard InChI is InChI=1S/C14H17FN6O2/c15-10-5-17-14(18-6-10)23-12-3-1-11(2-4-12)20-13(22)7-21-9-16-8-19-21/h5-6,8-9,11-12H,1-4,7H2,(H,20,22). The van der Waals surface area contributed by atoms with E-state index in [1.807, 2.05) is 0 Å². The minimum absolute atomic E-state index is 0.0103. The van der Waals surface area contributed by atoms with E-state index in [2.05, 4.69) is 25.4 Å². The van der Waals surface area contributed by atoms with E-state index < -0.39 is 5.82 Å². The van der Waals surface area contributed by atoms with Gasteiger partial charge in [0.15, 0.2) is 5.82 Å². The van der Waals surface area contributed by atoms with Crippen molar-refractivity contribution < 1.29 is 13.9 Å². The third-order valence-corrected chi connectivity index (χ3v) is 3.68. The van der Waals surface area contributed by atoms with Crippen LogP contribution in [0.15, 0.2) is 25.0 Å². The lowest BCUT2D eigenvalue weighted by Crippen LogP contribution is -2.41. The lowest BCUT2D eigenvalue weighted by atomic mass is 9.93. The molecular formula is C14H17FN6O2. The zero-order valence-corrected chi connectivity index (χ0v) is 12.4. The number of nitrogens with one attached hydrogen (secondary N) is 1. The summed E-state index contributed by atoms with van der Waals surface area (Å²) in [5.41, 5.74) is 0. The molecule has 0 spiro atoms. The molecule has 1 amide bonds. The Hall–Kier alpha value is -2.58. The van der Waals surface area contributed by atoms with Crippen LogP contribution in [-0.4, -0.2) is 42.8 Å². The first-order valence-corrected chi connectivity index (χ1v) is 7.45. The maximum absolute atomic E-state index is 12.7. The van der Waals surface area contributed by atoms with Crippen molar-refractivity contribution in [3.63, 3.8) is 0 Å². The number of amides is 1. The summed E-state index contributed by atoms with van der Waals surface area (Å²) in [6, 6.07) is 0.310. The Kier molecular flexibility index (Phi) is 4.74. The molecule has 23 heavy (non-hydrogen) atoms. The van der Waals surface area contributed by atoms with E-state index in [1.165, 1.54) is 17.3 Å². The summed E-state index contributed by atoms with van der Waals surface area (Å²) in [6.07, 6.45) is 8.26. The van der Waals surface area contributed by atoms with Gasteiger partial charge in [-0.3, -0.25) is 4.79 Å². The summed E-state index contributed by atoms with van der Waals surface area (Å²) in [5.74, 6) is -0.571. The highest BCUT2D eigenvalue weighted by atomic mass is 19.1. The lowest BCUT2D eigenvalue weighted by molar-refractivity contribution is -0.122. The van der Waals surface area contributed by atoms with Crippen LogP contribution in [0.5, 0.6) is 6.01 Å². The number of ether oxygens (including phenoxy) is 1. The Morgan fingerprint density at radius 1 is 1.30 bits per heavy atom. The molecule has 9 heteroatoms. The zero-order chi connectivity index (χ0) is 16.1. The number of hydrogen-bond donors (Lipinski definition) is 1. The molecule has 2 aromatic heterocycles. The maximum atomic E-state index is 12.7. The molecule has 1 aliphatic carbocycles. The van der Waals surface area contributed by atoms with Gasteiger partial charge in [-0.2, -0.15) is 5.10 Å². The van der Waals surface area contributed by atoms with Crippen molar-refractivity contribution in [1.29, 1.82) is 0 Å². The van der Waals surface area contributed by atoms with Gasteiger partial charge in [-0.25, -0.2) is 24.0 Å². The van der Waals surface area contributed by atoms with Crippen LogP contribution < -0.4 is 10.1 Å². The fourth-order valence-electron chi connectivity index (χ4n) is 2.57. The van der Waals surface area contributed by atoms with E-state index in [1.54, 1.807) is 0 Å². The van der Waals surface area contributed by atoms with Crippen LogP contribution in [0.4, 0.5) is 4.39 Å². The van der Waals surface area contributed by atoms with Crippen molar-refractivity contribution in [1.82, 2.24) is 30.0 Å². The third kappa shape index (κ3) is 4.44. The molecule has 8 nitrogen and oxygen atoms in total. The maximum Gasteiger partial charge on any atom is 0.316 e. The first kappa shape index (κ1) is 15.3. The molecule has 0 radical (unpaired) electrons. The van der Waals surface area contributed by atoms with Crippen LogP contribution >= 0.6 is 0 Å². The third-order valence-electron chi connectivity index (χ3n) is 3.68. The molecule has 1 aliphatic rings. The topological polar surface area (TPSA) is 94.8 Å². The van der Waals surface area contributed by atoms with Gasteiger partial charge in [-0.15, -0.1) is 0 Å². The van der Waals surface area contributed by atoms with Crippen LogP contribution in [-0.2, 0) is 11.3 Å². The van der Waals surface area contributed by atoms with Crippen LogP contribution in [0.25, 0.3) is 0 Å². The van der Waals surface area contributed by atoms with Gasteiger partial charge < -0.3 is 10.1 Å². The van der Waals surface area contributed by atoms with Gasteiger partial charge in [-0.1, -0.05) is 0 Å². The first-order valence-electron chi connectivity index (χ1n) is 7.45. The Morgan fingerprint density at radius 3 is 2.70 bits per heavy atom. The Labute approximate surface area is 132 Å². The normalized spacial score (nSPS) is 20.9. The summed E-state index contributed by atoms with van der Waals surface area (Å²) in [7, 11) is 0. The molecule has 0 aromatic carbocycles. The average molecular weight is 320 g/mol. The van der Waals surface area contributed by atoms with Gasteiger partial charge in [0.1, 0.15) is 25.3 Å². The SMILES string of the molecule is O=C(Cn1cncn1)NC1CCC(Oc2ncc(F)cn2)CC1. The van der Waals surface area contributed by atoms with Crippen LogP contribution in [0.1, 0.15) is 25.7 Å². The number of aromatic nitrogens is 5. The Morgan fingerprint density at radius 2 is 2.04 bits per heavy atom. The summed E-state index contributed by atoms with van der Waals surface area (Å²) >= 11 is 0. The van der Waals surface area contributed by atoms with Gasteiger partial charge in [0.2, 0.25) is 5.91 Å². The molecule has 122 valence electrons. The minimum atomic E-state index is -0.490. The van der Waals surface area contributed by atoms with E-state index in [4.69, 9.17) is 4.74 Å². The molecule has 1 fully saturated rings. The quantitative estimate of drug-likeness (QED) is 0.872. The van der Waals surface area contributed by atoms with Gasteiger partial charge in [0.05, 0.1) is 12.4 Å². The summed E-state index contributed by atoms with van der Waals surface area (Å²) in [4.78, 5) is 23.3. The second-order valence-corrected chi connectivity index (χ2v) is 5.44. The number of rotatable bonds is 5. The highest BCUT2D eigenvalue weighted by Gasteiger charge is 2.24. The fourth-order valence-corrected chi connectivity index (χ4v) is 2.57. The van der Waals surface area contributed by atoms with Gasteiger partial charge in [0.25, 0.3) is 0 Å². The van der Waals surface area contributed by atoms with E-state index in [9.17, 15) is 9.18 Å². The second kappa shape index (κ2) is 7.12. The zero-order valence-electron chi connectivity index (χ0n) is 12.4. The van der Waals surface area contributed by atoms with Crippen molar-refractivity contribution in [3.8, 4) is 6.01 Å². The van der Waals surface area contributed by atoms with Gasteiger partial charge in [0, 0.05) is 6.04 Å². The highest BCUT2D eigenvalue weighted by Crippen LogP contribution is 2.22. The first-order chi connectivity index (χ1) is 11.2. The molecule has 0 bridgehead atoms. The van der Waals surface area contributed by atoms with E-state index in [-0.39, 0.29) is 30.6 Å². The molecule has 2 aromatic rings. The van der Waals surface area contributed by atoms with Crippen molar-refractivity contribution >= 4 is 5.91 Å². The van der Waals surface area contributed by atoms with E-state index in [0.29, 0.717) is 0 Å². The molecule has 0 atom stereocenters. The summed E-state index contributed by atoms with van der Waals surface area (Å²) < 4.78 is 19.8. The molecule has 0 saturated heterocycles. The summed E-state index contributed by atoms with van der Waals surface area (Å²) in [6.45, 7) is 0.167. The van der Waals surface area contributed by atoms with Crippen LogP contribution in [0.3, 0.4) is 0 Å². The molecule has 3 rings (SSSR count). The van der Waals surface area contributed by atoms with E-state index in [0.717, 1.165) is 38.1 Å². The highest BCUT2D eigenvalue weighted by molar-refractivity contribution is 5.75. The van der Waals surface area contributed by atoms with E-state index >= 15 is 0 Å². The van der Waals surface area contributed by atoms with Gasteiger partial charge >= 0.3 is 6.01 Å². The number of nitrogens with zero attached hydrogens (tertiary/aromatic N) is 5. The lowest BCUT2D eigenvalue weighted by Gasteiger charge is -2.28. The predicted octanol–water partition coefficient (Wildman–Crippen LogP) is 0.714. The fraction of sp³-hybridized carbons (Fsp3) is 0.500. The monoisotopic (exact) mass is 320 g/mol. The van der Waals surface area contributed by atoms with Crippen LogP contribution in [0, 0.1) is 5.82 Å². The minimum Gasteiger partial charge on any atom is -0.460 e. The number of hydrogen-bond acceptors (Lipinski definition) is 6. The van der Waals surface area contributed by atoms with Crippen molar-refractivity contribution in [3.05, 3.63) is 30.9 Å². The molecular weight excluding hydrogens is 303 g/mol. The molecule has 0 unspecified atom stereocenters. The number of carbonyl (C=O) groups is 1. The summed E-state index contributed by atoms with van der Waals surface area (Å²) in [5, 5.41) is 6.88. The van der Waals surface area contributed by atoms with Crippen LogP contribution in [0.2, 0.25) is 0 Å². The molecule has 1 N–H and O–H groups in total. The Balaban J connectivity index is 1.41. The Bertz CT molecular complexity index is 625. The largest absolute Gasteiger partial charge is 0.460 e. The van der Waals surface area contributed by atoms with Crippen molar-refractivity contribution in [2.45, 2.75) is 44.4 Å². The van der Waals surface area contributed by atoms with Crippen molar-refractivity contribution in [2.24, 2.45) is 0 Å². The number of carbonyl (C=O) groups excluding carboxylic acids is 1. The molecule has 2 heterocycles. The number of halogens is 1. The predicted molar refractivity (Wildman–Crippen MR) is 76.8 cm³/mol. The molecule has 1 saturated carbocycles. The smallest absolute Gasteiger partial charge is 0.316 e. The average Bonchev–Trinajstić information content (AvgIpc) is 3.04. The second-order valence-electron chi connectivity index (χ2n) is 5.44. The van der Waals surface area contributed by atoms with Crippen molar-refractivity contribution in [2.75, 3.05) is 0 Å². The molecule has 0 aliphatic heterocycles. The van der Waals surface area contributed by atoms with Gasteiger partial charge in [-0.05, 0) is 25.7 Å².